The predicted molar refractivity (Wildman–Crippen MR) is 161 cm³/mol. The number of benzene rings is 4. The van der Waals surface area contributed by atoms with Gasteiger partial charge in [0.1, 0.15) is 24.7 Å². The number of ether oxygens (including phenoxy) is 2. The molecule has 4 aromatic carbocycles. The summed E-state index contributed by atoms with van der Waals surface area (Å²) < 4.78 is 39.4. The Morgan fingerprint density at radius 1 is 0.878 bits per heavy atom. The monoisotopic (exact) mass is 591 g/mol. The van der Waals surface area contributed by atoms with E-state index in [-0.39, 0.29) is 4.90 Å². The minimum atomic E-state index is -4.06. The molecule has 0 atom stereocenters. The molecule has 0 radical (unpaired) electrons. The molecule has 0 aliphatic carbocycles. The number of anilines is 1. The van der Waals surface area contributed by atoms with Crippen LogP contribution in [0.1, 0.15) is 23.6 Å². The molecular formula is C31H30ClN3O5S. The Balaban J connectivity index is 1.40. The van der Waals surface area contributed by atoms with Gasteiger partial charge in [0.15, 0.2) is 0 Å². The molecule has 0 aliphatic heterocycles. The van der Waals surface area contributed by atoms with E-state index in [4.69, 9.17) is 21.1 Å². The van der Waals surface area contributed by atoms with Crippen LogP contribution < -0.4 is 19.2 Å². The highest BCUT2D eigenvalue weighted by Crippen LogP contribution is 2.25. The van der Waals surface area contributed by atoms with Gasteiger partial charge in [0.25, 0.3) is 15.9 Å². The predicted octanol–water partition coefficient (Wildman–Crippen LogP) is 5.97. The molecule has 4 rings (SSSR count). The van der Waals surface area contributed by atoms with Crippen molar-refractivity contribution in [1.29, 1.82) is 0 Å². The van der Waals surface area contributed by atoms with Gasteiger partial charge in [-0.15, -0.1) is 0 Å². The second-order valence-electron chi connectivity index (χ2n) is 9.03. The van der Waals surface area contributed by atoms with Gasteiger partial charge in [-0.1, -0.05) is 41.4 Å². The Morgan fingerprint density at radius 3 is 2.12 bits per heavy atom. The highest BCUT2D eigenvalue weighted by molar-refractivity contribution is 7.92. The van der Waals surface area contributed by atoms with E-state index in [0.29, 0.717) is 35.4 Å². The second kappa shape index (κ2) is 13.8. The summed E-state index contributed by atoms with van der Waals surface area (Å²) in [5, 5.41) is 4.67. The largest absolute Gasteiger partial charge is 0.494 e. The SMILES string of the molecule is CCOc1ccc(S(=O)(=O)N(CC(=O)N/N=C\c2ccc(OCc3ccc(Cl)cc3)cc2)c2ccc(C)cc2)cc1. The van der Waals surface area contributed by atoms with Crippen molar-refractivity contribution in [1.82, 2.24) is 5.43 Å². The lowest BCUT2D eigenvalue weighted by Crippen LogP contribution is -2.39. The van der Waals surface area contributed by atoms with Gasteiger partial charge in [-0.3, -0.25) is 9.10 Å². The molecule has 0 saturated heterocycles. The van der Waals surface area contributed by atoms with Gasteiger partial charge in [-0.2, -0.15) is 5.10 Å². The van der Waals surface area contributed by atoms with E-state index >= 15 is 0 Å². The average Bonchev–Trinajstić information content (AvgIpc) is 2.97. The number of sulfonamides is 1. The van der Waals surface area contributed by atoms with Gasteiger partial charge in [-0.05, 0) is 97.8 Å². The minimum absolute atomic E-state index is 0.0381. The molecule has 1 N–H and O–H groups in total. The molecule has 0 bridgehead atoms. The van der Waals surface area contributed by atoms with Crippen molar-refractivity contribution in [2.45, 2.75) is 25.3 Å². The molecule has 0 aliphatic rings. The maximum absolute atomic E-state index is 13.6. The van der Waals surface area contributed by atoms with Crippen LogP contribution in [0.25, 0.3) is 0 Å². The lowest BCUT2D eigenvalue weighted by Gasteiger charge is -2.24. The summed E-state index contributed by atoms with van der Waals surface area (Å²) in [4.78, 5) is 12.9. The van der Waals surface area contributed by atoms with Crippen LogP contribution in [0.15, 0.2) is 107 Å². The first kappa shape index (κ1) is 29.6. The van der Waals surface area contributed by atoms with Crippen LogP contribution in [-0.4, -0.2) is 33.7 Å². The number of aryl methyl sites for hydroxylation is 1. The number of rotatable bonds is 12. The normalized spacial score (nSPS) is 11.3. The van der Waals surface area contributed by atoms with Crippen molar-refractivity contribution < 1.29 is 22.7 Å². The van der Waals surface area contributed by atoms with Gasteiger partial charge in [-0.25, -0.2) is 13.8 Å². The van der Waals surface area contributed by atoms with Crippen LogP contribution in [0, 0.1) is 6.92 Å². The van der Waals surface area contributed by atoms with Gasteiger partial charge >= 0.3 is 0 Å². The summed E-state index contributed by atoms with van der Waals surface area (Å²) in [6, 6.07) is 27.6. The Kier molecular flexibility index (Phi) is 10.00. The number of hydrazone groups is 1. The molecule has 0 unspecified atom stereocenters. The van der Waals surface area contributed by atoms with E-state index in [1.165, 1.54) is 18.3 Å². The second-order valence-corrected chi connectivity index (χ2v) is 11.3. The number of hydrogen-bond donors (Lipinski definition) is 1. The number of carbonyl (C=O) groups excluding carboxylic acids is 1. The third-order valence-electron chi connectivity index (χ3n) is 5.93. The summed E-state index contributed by atoms with van der Waals surface area (Å²) >= 11 is 5.91. The van der Waals surface area contributed by atoms with Gasteiger partial charge in [0, 0.05) is 5.02 Å². The fourth-order valence-electron chi connectivity index (χ4n) is 3.77. The average molecular weight is 592 g/mol. The van der Waals surface area contributed by atoms with Crippen LogP contribution in [0.4, 0.5) is 5.69 Å². The first-order valence-electron chi connectivity index (χ1n) is 12.9. The maximum atomic E-state index is 13.6. The third-order valence-corrected chi connectivity index (χ3v) is 7.97. The Bertz CT molecular complexity index is 1570. The summed E-state index contributed by atoms with van der Waals surface area (Å²) in [7, 11) is -4.06. The summed E-state index contributed by atoms with van der Waals surface area (Å²) in [5.74, 6) is 0.634. The van der Waals surface area contributed by atoms with E-state index in [1.54, 1.807) is 60.7 Å². The molecule has 10 heteroatoms. The third kappa shape index (κ3) is 8.33. The molecule has 0 heterocycles. The molecule has 1 amide bonds. The number of nitrogens with one attached hydrogen (secondary N) is 1. The zero-order chi connectivity index (χ0) is 29.2. The minimum Gasteiger partial charge on any atom is -0.494 e. The van der Waals surface area contributed by atoms with E-state index in [1.807, 2.05) is 38.1 Å². The molecule has 0 saturated carbocycles. The molecule has 0 spiro atoms. The van der Waals surface area contributed by atoms with Gasteiger partial charge in [0.05, 0.1) is 23.4 Å². The molecule has 0 aromatic heterocycles. The first-order valence-corrected chi connectivity index (χ1v) is 14.7. The smallest absolute Gasteiger partial charge is 0.264 e. The number of carbonyl (C=O) groups is 1. The van der Waals surface area contributed by atoms with Crippen molar-refractivity contribution in [2.24, 2.45) is 5.10 Å². The topological polar surface area (TPSA) is 97.3 Å². The van der Waals surface area contributed by atoms with Gasteiger partial charge < -0.3 is 9.47 Å². The molecule has 41 heavy (non-hydrogen) atoms. The molecular weight excluding hydrogens is 562 g/mol. The fraction of sp³-hybridized carbons (Fsp3) is 0.161. The van der Waals surface area contributed by atoms with E-state index in [2.05, 4.69) is 10.5 Å². The number of hydrogen-bond acceptors (Lipinski definition) is 6. The summed E-state index contributed by atoms with van der Waals surface area (Å²) in [5.41, 5.74) is 5.46. The summed E-state index contributed by atoms with van der Waals surface area (Å²) in [6.45, 7) is 4.14. The van der Waals surface area contributed by atoms with Crippen LogP contribution in [0.2, 0.25) is 5.02 Å². The summed E-state index contributed by atoms with van der Waals surface area (Å²) in [6.07, 6.45) is 1.47. The van der Waals surface area contributed by atoms with Crippen LogP contribution in [0.3, 0.4) is 0 Å². The van der Waals surface area contributed by atoms with Crippen molar-refractivity contribution in [3.8, 4) is 11.5 Å². The number of halogens is 1. The van der Waals surface area contributed by atoms with Crippen molar-refractivity contribution in [3.63, 3.8) is 0 Å². The Labute approximate surface area is 245 Å². The lowest BCUT2D eigenvalue weighted by atomic mass is 10.2. The van der Waals surface area contributed by atoms with Crippen LogP contribution in [0.5, 0.6) is 11.5 Å². The lowest BCUT2D eigenvalue weighted by molar-refractivity contribution is -0.119. The molecule has 8 nitrogen and oxygen atoms in total. The Morgan fingerprint density at radius 2 is 1.49 bits per heavy atom. The fourth-order valence-corrected chi connectivity index (χ4v) is 5.32. The van der Waals surface area contributed by atoms with Gasteiger partial charge in [0.2, 0.25) is 0 Å². The number of amides is 1. The van der Waals surface area contributed by atoms with Crippen LogP contribution in [-0.2, 0) is 21.4 Å². The van der Waals surface area contributed by atoms with E-state index in [9.17, 15) is 13.2 Å². The molecule has 4 aromatic rings. The highest BCUT2D eigenvalue weighted by atomic mass is 35.5. The number of nitrogens with zero attached hydrogens (tertiary/aromatic N) is 2. The van der Waals surface area contributed by atoms with E-state index in [0.717, 1.165) is 21.0 Å². The zero-order valence-electron chi connectivity index (χ0n) is 22.7. The highest BCUT2D eigenvalue weighted by Gasteiger charge is 2.27. The van der Waals surface area contributed by atoms with Crippen molar-refractivity contribution >= 4 is 39.4 Å². The van der Waals surface area contributed by atoms with E-state index < -0.39 is 22.5 Å². The first-order chi connectivity index (χ1) is 19.7. The maximum Gasteiger partial charge on any atom is 0.264 e. The molecule has 0 fully saturated rings. The van der Waals surface area contributed by atoms with Crippen LogP contribution >= 0.6 is 11.6 Å². The quantitative estimate of drug-likeness (QED) is 0.162. The zero-order valence-corrected chi connectivity index (χ0v) is 24.2. The van der Waals surface area contributed by atoms with Crippen molar-refractivity contribution in [2.75, 3.05) is 17.5 Å². The standard InChI is InChI=1S/C31H30ClN3O5S/c1-3-39-28-16-18-30(19-17-28)41(37,38)35(27-12-4-23(2)5-13-27)21-31(36)34-33-20-24-8-14-29(15-9-24)40-22-25-6-10-26(32)11-7-25/h4-20H,3,21-22H2,1-2H3,(H,34,36)/b33-20-. The molecule has 212 valence electrons. The Hall–Kier alpha value is -4.34. The van der Waals surface area contributed by atoms with Crippen molar-refractivity contribution in [3.05, 3.63) is 119 Å².